The molecule has 4 rings (SSSR count). The minimum absolute atomic E-state index is 0.266. The topological polar surface area (TPSA) is 114 Å². The van der Waals surface area contributed by atoms with Crippen LogP contribution in [0, 0.1) is 45.3 Å². The summed E-state index contributed by atoms with van der Waals surface area (Å²) in [6, 6.07) is 32.7. The summed E-state index contributed by atoms with van der Waals surface area (Å²) in [5.74, 6) is 2.22. The molecule has 0 unspecified atom stereocenters. The largest absolute Gasteiger partial charge is 0.457 e. The van der Waals surface area contributed by atoms with E-state index in [-0.39, 0.29) is 11.1 Å². The number of hydrogen-bond donors (Lipinski definition) is 0. The van der Waals surface area contributed by atoms with Crippen LogP contribution in [0.2, 0.25) is 0 Å². The first-order valence-electron chi connectivity index (χ1n) is 10.5. The highest BCUT2D eigenvalue weighted by atomic mass is 16.5. The summed E-state index contributed by atoms with van der Waals surface area (Å²) < 4.78 is 11.9. The lowest BCUT2D eigenvalue weighted by Crippen LogP contribution is -1.95. The van der Waals surface area contributed by atoms with Gasteiger partial charge in [-0.3, -0.25) is 0 Å². The van der Waals surface area contributed by atoms with Crippen molar-refractivity contribution < 1.29 is 9.47 Å². The van der Waals surface area contributed by atoms with Crippen LogP contribution in [0.1, 0.15) is 33.4 Å². The van der Waals surface area contributed by atoms with Crippen molar-refractivity contribution in [3.8, 4) is 47.3 Å². The Morgan fingerprint density at radius 1 is 0.514 bits per heavy atom. The van der Waals surface area contributed by atoms with Gasteiger partial charge in [0, 0.05) is 6.42 Å². The Bertz CT molecular complexity index is 1560. The van der Waals surface area contributed by atoms with E-state index >= 15 is 0 Å². The fourth-order valence-corrected chi connectivity index (χ4v) is 3.46. The van der Waals surface area contributed by atoms with Gasteiger partial charge in [0.15, 0.2) is 0 Å². The molecule has 0 N–H and O–H groups in total. The lowest BCUT2D eigenvalue weighted by Gasteiger charge is -2.12. The molecule has 6 heteroatoms. The second-order valence-corrected chi connectivity index (χ2v) is 7.49. The average molecular weight is 452 g/mol. The van der Waals surface area contributed by atoms with E-state index in [2.05, 4.69) is 0 Å². The summed E-state index contributed by atoms with van der Waals surface area (Å²) in [5, 5.41) is 36.6. The van der Waals surface area contributed by atoms with Gasteiger partial charge in [-0.25, -0.2) is 0 Å². The zero-order valence-corrected chi connectivity index (χ0v) is 18.4. The fourth-order valence-electron chi connectivity index (χ4n) is 3.46. The third-order valence-corrected chi connectivity index (χ3v) is 5.22. The molecule has 0 spiro atoms. The molecule has 0 aliphatic carbocycles. The molecule has 0 aromatic heterocycles. The molecule has 0 aliphatic rings. The van der Waals surface area contributed by atoms with Crippen LogP contribution < -0.4 is 9.47 Å². The minimum atomic E-state index is 0.266. The van der Waals surface area contributed by atoms with Crippen molar-refractivity contribution in [1.29, 1.82) is 21.0 Å². The Morgan fingerprint density at radius 2 is 1.03 bits per heavy atom. The molecule has 4 aromatic rings. The normalized spacial score (nSPS) is 9.71. The molecule has 0 fully saturated rings. The van der Waals surface area contributed by atoms with Gasteiger partial charge in [0.05, 0.1) is 22.3 Å². The Kier molecular flexibility index (Phi) is 6.70. The van der Waals surface area contributed by atoms with Crippen molar-refractivity contribution >= 4 is 0 Å². The maximum absolute atomic E-state index is 9.26. The van der Waals surface area contributed by atoms with Gasteiger partial charge in [0.2, 0.25) is 0 Å². The molecular weight excluding hydrogens is 436 g/mol. The molecule has 0 aliphatic heterocycles. The highest BCUT2D eigenvalue weighted by Gasteiger charge is 2.09. The number of para-hydroxylation sites is 1. The standard InChI is InChI=1S/C29H16N4O2/c30-16-22-7-11-27(14-24(22)18-32)34-26-9-5-20(6-10-26)13-21-3-1-2-4-29(21)35-28-12-8-23(17-31)25(15-28)19-33/h1-12,14-15H,13H2. The number of nitrogens with zero attached hydrogens (tertiary/aromatic N) is 4. The minimum Gasteiger partial charge on any atom is -0.457 e. The number of nitriles is 4. The van der Waals surface area contributed by atoms with E-state index in [4.69, 9.17) is 20.0 Å². The van der Waals surface area contributed by atoms with Crippen molar-refractivity contribution in [1.82, 2.24) is 0 Å². The van der Waals surface area contributed by atoms with Gasteiger partial charge >= 0.3 is 0 Å². The Labute approximate surface area is 202 Å². The molecule has 0 saturated carbocycles. The lowest BCUT2D eigenvalue weighted by molar-refractivity contribution is 0.477. The smallest absolute Gasteiger partial charge is 0.130 e. The SMILES string of the molecule is N#Cc1ccc(Oc2ccc(Cc3ccccc3Oc3ccc(C#N)c(C#N)c3)cc2)cc1C#N. The second kappa shape index (κ2) is 10.4. The fraction of sp³-hybridized carbons (Fsp3) is 0.0345. The van der Waals surface area contributed by atoms with E-state index in [9.17, 15) is 10.5 Å². The van der Waals surface area contributed by atoms with E-state index in [1.807, 2.05) is 72.8 Å². The first-order chi connectivity index (χ1) is 17.1. The Balaban J connectivity index is 1.49. The van der Waals surface area contributed by atoms with Crippen molar-refractivity contribution in [3.05, 3.63) is 118 Å². The van der Waals surface area contributed by atoms with Crippen LogP contribution in [0.25, 0.3) is 0 Å². The lowest BCUT2D eigenvalue weighted by atomic mass is 10.0. The third kappa shape index (κ3) is 5.27. The molecule has 0 amide bonds. The molecule has 0 atom stereocenters. The van der Waals surface area contributed by atoms with Gasteiger partial charge in [0.1, 0.15) is 47.3 Å². The summed E-state index contributed by atoms with van der Waals surface area (Å²) in [7, 11) is 0. The molecular formula is C29H16N4O2. The predicted molar refractivity (Wildman–Crippen MR) is 128 cm³/mol. The van der Waals surface area contributed by atoms with Gasteiger partial charge in [0.25, 0.3) is 0 Å². The number of hydrogen-bond acceptors (Lipinski definition) is 6. The molecule has 0 radical (unpaired) electrons. The molecule has 0 bridgehead atoms. The second-order valence-electron chi connectivity index (χ2n) is 7.49. The van der Waals surface area contributed by atoms with Gasteiger partial charge in [-0.15, -0.1) is 0 Å². The first-order valence-corrected chi connectivity index (χ1v) is 10.5. The molecule has 35 heavy (non-hydrogen) atoms. The summed E-state index contributed by atoms with van der Waals surface area (Å²) in [6.45, 7) is 0. The van der Waals surface area contributed by atoms with E-state index in [1.165, 1.54) is 0 Å². The molecule has 4 aromatic carbocycles. The average Bonchev–Trinajstić information content (AvgIpc) is 2.90. The van der Waals surface area contributed by atoms with Gasteiger partial charge in [-0.1, -0.05) is 30.3 Å². The van der Waals surface area contributed by atoms with Crippen LogP contribution in [-0.4, -0.2) is 0 Å². The van der Waals surface area contributed by atoms with Gasteiger partial charge in [-0.05, 0) is 65.7 Å². The molecule has 164 valence electrons. The maximum atomic E-state index is 9.26. The predicted octanol–water partition coefficient (Wildman–Crippen LogP) is 6.35. The van der Waals surface area contributed by atoms with Gasteiger partial charge < -0.3 is 9.47 Å². The number of benzene rings is 4. The van der Waals surface area contributed by atoms with Crippen LogP contribution in [0.3, 0.4) is 0 Å². The Morgan fingerprint density at radius 3 is 1.60 bits per heavy atom. The van der Waals surface area contributed by atoms with E-state index < -0.39 is 0 Å². The van der Waals surface area contributed by atoms with Gasteiger partial charge in [-0.2, -0.15) is 21.0 Å². The first kappa shape index (κ1) is 22.6. The number of rotatable bonds is 6. The van der Waals surface area contributed by atoms with E-state index in [0.717, 1.165) is 11.1 Å². The van der Waals surface area contributed by atoms with Crippen LogP contribution >= 0.6 is 0 Å². The highest BCUT2D eigenvalue weighted by molar-refractivity contribution is 5.51. The summed E-state index contributed by atoms with van der Waals surface area (Å²) in [4.78, 5) is 0. The maximum Gasteiger partial charge on any atom is 0.130 e. The number of ether oxygens (including phenoxy) is 2. The quantitative estimate of drug-likeness (QED) is 0.337. The third-order valence-electron chi connectivity index (χ3n) is 5.22. The van der Waals surface area contributed by atoms with Crippen molar-refractivity contribution in [2.45, 2.75) is 6.42 Å². The van der Waals surface area contributed by atoms with Crippen LogP contribution in [0.4, 0.5) is 0 Å². The summed E-state index contributed by atoms with van der Waals surface area (Å²) in [5.41, 5.74) is 3.13. The van der Waals surface area contributed by atoms with Crippen molar-refractivity contribution in [3.63, 3.8) is 0 Å². The van der Waals surface area contributed by atoms with Crippen LogP contribution in [0.15, 0.2) is 84.9 Å². The zero-order chi connectivity index (χ0) is 24.6. The van der Waals surface area contributed by atoms with Crippen molar-refractivity contribution in [2.24, 2.45) is 0 Å². The zero-order valence-electron chi connectivity index (χ0n) is 18.4. The van der Waals surface area contributed by atoms with E-state index in [0.29, 0.717) is 40.5 Å². The Hall–Kier alpha value is -5.56. The van der Waals surface area contributed by atoms with Crippen LogP contribution in [0.5, 0.6) is 23.0 Å². The van der Waals surface area contributed by atoms with Crippen LogP contribution in [-0.2, 0) is 6.42 Å². The molecule has 0 saturated heterocycles. The molecule has 0 heterocycles. The molecule has 6 nitrogen and oxygen atoms in total. The monoisotopic (exact) mass is 452 g/mol. The summed E-state index contributed by atoms with van der Waals surface area (Å²) >= 11 is 0. The summed E-state index contributed by atoms with van der Waals surface area (Å²) in [6.07, 6.45) is 0.604. The van der Waals surface area contributed by atoms with Crippen molar-refractivity contribution in [2.75, 3.05) is 0 Å². The van der Waals surface area contributed by atoms with E-state index in [1.54, 1.807) is 36.4 Å². The highest BCUT2D eigenvalue weighted by Crippen LogP contribution is 2.30.